The van der Waals surface area contributed by atoms with Gasteiger partial charge in [-0.05, 0) is 22.0 Å². The van der Waals surface area contributed by atoms with Crippen molar-refractivity contribution in [3.05, 3.63) is 38.3 Å². The maximum Gasteiger partial charge on any atom is 0.326 e. The number of carbonyl (C=O) groups excluding carboxylic acids is 1. The second-order valence-electron chi connectivity index (χ2n) is 3.80. The van der Waals surface area contributed by atoms with E-state index in [1.165, 1.54) is 12.1 Å². The fraction of sp³-hybridized carbons (Fsp3) is 0.273. The van der Waals surface area contributed by atoms with Crippen molar-refractivity contribution in [1.82, 2.24) is 5.32 Å². The predicted molar refractivity (Wildman–Crippen MR) is 71.4 cm³/mol. The molecule has 1 amide bonds. The van der Waals surface area contributed by atoms with Gasteiger partial charge in [-0.15, -0.1) is 0 Å². The monoisotopic (exact) mass is 346 g/mol. The van der Waals surface area contributed by atoms with Crippen molar-refractivity contribution in [3.8, 4) is 0 Å². The highest BCUT2D eigenvalue weighted by Crippen LogP contribution is 2.22. The van der Waals surface area contributed by atoms with Crippen LogP contribution in [0.1, 0.15) is 16.8 Å². The number of hydrogen-bond acceptors (Lipinski definition) is 5. The molecule has 0 saturated carbocycles. The Labute approximate surface area is 121 Å². The minimum atomic E-state index is -1.30. The fourth-order valence-electron chi connectivity index (χ4n) is 1.42. The summed E-state index contributed by atoms with van der Waals surface area (Å²) in [5, 5.41) is 30.4. The summed E-state index contributed by atoms with van der Waals surface area (Å²) in [6, 6.07) is 2.31. The lowest BCUT2D eigenvalue weighted by Crippen LogP contribution is -2.41. The van der Waals surface area contributed by atoms with Gasteiger partial charge in [0.05, 0.1) is 10.5 Å². The summed E-state index contributed by atoms with van der Waals surface area (Å²) >= 11 is 3.07. The highest BCUT2D eigenvalue weighted by molar-refractivity contribution is 9.10. The molecule has 1 aromatic rings. The summed E-state index contributed by atoms with van der Waals surface area (Å²) in [7, 11) is 0. The van der Waals surface area contributed by atoms with Crippen LogP contribution < -0.4 is 5.32 Å². The van der Waals surface area contributed by atoms with Crippen LogP contribution in [0.15, 0.2) is 22.7 Å². The van der Waals surface area contributed by atoms with Crippen molar-refractivity contribution in [1.29, 1.82) is 0 Å². The maximum atomic E-state index is 11.9. The quantitative estimate of drug-likeness (QED) is 0.518. The largest absolute Gasteiger partial charge is 0.480 e. The molecule has 108 valence electrons. The summed E-state index contributed by atoms with van der Waals surface area (Å²) in [6.45, 7) is -0.409. The minimum Gasteiger partial charge on any atom is -0.480 e. The number of aliphatic carboxylic acids is 1. The summed E-state index contributed by atoms with van der Waals surface area (Å²) < 4.78 is 0.300. The standard InChI is InChI=1S/C11H11BrN2O6/c12-8-2-1-6(14(19)20)5-7(8)10(16)13-9(3-4-15)11(17)18/h1-2,5,9,15H,3-4H2,(H,13,16)(H,17,18). The van der Waals surface area contributed by atoms with E-state index < -0.39 is 29.4 Å². The average molecular weight is 347 g/mol. The summed E-state index contributed by atoms with van der Waals surface area (Å²) in [6.07, 6.45) is -0.159. The van der Waals surface area contributed by atoms with Crippen LogP contribution in [0, 0.1) is 10.1 Å². The number of aliphatic hydroxyl groups is 1. The molecule has 3 N–H and O–H groups in total. The summed E-state index contributed by atoms with van der Waals surface area (Å²) in [5.74, 6) is -2.07. The van der Waals surface area contributed by atoms with Crippen LogP contribution >= 0.6 is 15.9 Å². The summed E-state index contributed by atoms with van der Waals surface area (Å²) in [4.78, 5) is 32.8. The highest BCUT2D eigenvalue weighted by atomic mass is 79.9. The molecule has 0 fully saturated rings. The molecular weight excluding hydrogens is 336 g/mol. The zero-order chi connectivity index (χ0) is 15.3. The lowest BCUT2D eigenvalue weighted by atomic mass is 10.1. The number of halogens is 1. The lowest BCUT2D eigenvalue weighted by Gasteiger charge is -2.13. The van der Waals surface area contributed by atoms with Crippen LogP contribution in [-0.2, 0) is 4.79 Å². The Bertz CT molecular complexity index is 548. The van der Waals surface area contributed by atoms with E-state index in [1.807, 2.05) is 0 Å². The molecule has 0 spiro atoms. The molecular formula is C11H11BrN2O6. The first kappa shape index (κ1) is 16.1. The molecule has 9 heteroatoms. The number of rotatable bonds is 6. The third kappa shape index (κ3) is 4.00. The Morgan fingerprint density at radius 1 is 1.45 bits per heavy atom. The van der Waals surface area contributed by atoms with E-state index in [2.05, 4.69) is 21.2 Å². The number of nitrogens with one attached hydrogen (secondary N) is 1. The predicted octanol–water partition coefficient (Wildman–Crippen LogP) is 0.923. The number of amides is 1. The Morgan fingerprint density at radius 3 is 2.60 bits per heavy atom. The molecule has 1 unspecified atom stereocenters. The third-order valence-electron chi connectivity index (χ3n) is 2.43. The van der Waals surface area contributed by atoms with Gasteiger partial charge in [-0.2, -0.15) is 0 Å². The van der Waals surface area contributed by atoms with Gasteiger partial charge in [-0.25, -0.2) is 4.79 Å². The minimum absolute atomic E-state index is 0.0524. The maximum absolute atomic E-state index is 11.9. The Hall–Kier alpha value is -2.00. The molecule has 0 saturated heterocycles. The van der Waals surface area contributed by atoms with Crippen molar-refractivity contribution in [2.45, 2.75) is 12.5 Å². The smallest absolute Gasteiger partial charge is 0.326 e. The molecule has 8 nitrogen and oxygen atoms in total. The van der Waals surface area contributed by atoms with Crippen LogP contribution in [0.3, 0.4) is 0 Å². The molecule has 1 aromatic carbocycles. The van der Waals surface area contributed by atoms with E-state index in [9.17, 15) is 19.7 Å². The van der Waals surface area contributed by atoms with Gasteiger partial charge in [-0.1, -0.05) is 0 Å². The molecule has 0 aliphatic rings. The first-order valence-corrected chi connectivity index (χ1v) is 6.24. The average Bonchev–Trinajstić information content (AvgIpc) is 2.38. The number of carbonyl (C=O) groups is 2. The van der Waals surface area contributed by atoms with Crippen molar-refractivity contribution in [2.24, 2.45) is 0 Å². The van der Waals surface area contributed by atoms with E-state index in [1.54, 1.807) is 0 Å². The van der Waals surface area contributed by atoms with Gasteiger partial charge in [0.2, 0.25) is 0 Å². The number of hydrogen-bond donors (Lipinski definition) is 3. The number of aliphatic hydroxyl groups excluding tert-OH is 1. The van der Waals surface area contributed by atoms with Gasteiger partial charge in [0.15, 0.2) is 0 Å². The van der Waals surface area contributed by atoms with Crippen molar-refractivity contribution >= 4 is 33.5 Å². The molecule has 1 rings (SSSR count). The number of benzene rings is 1. The SMILES string of the molecule is O=C(NC(CCO)C(=O)O)c1cc([N+](=O)[O-])ccc1Br. The molecule has 0 heterocycles. The molecule has 0 aromatic heterocycles. The number of carboxylic acids is 1. The van der Waals surface area contributed by atoms with Gasteiger partial charge in [0.25, 0.3) is 11.6 Å². The number of carboxylic acid groups (broad SMARTS) is 1. The van der Waals surface area contributed by atoms with Crippen molar-refractivity contribution < 1.29 is 24.7 Å². The van der Waals surface area contributed by atoms with Gasteiger partial charge < -0.3 is 15.5 Å². The van der Waals surface area contributed by atoms with Gasteiger partial charge in [-0.3, -0.25) is 14.9 Å². The molecule has 0 radical (unpaired) electrons. The number of non-ortho nitro benzene ring substituents is 1. The van der Waals surface area contributed by atoms with Crippen LogP contribution in [-0.4, -0.2) is 39.7 Å². The van der Waals surface area contributed by atoms with E-state index in [0.717, 1.165) is 6.07 Å². The summed E-state index contributed by atoms with van der Waals surface area (Å²) in [5.41, 5.74) is -0.337. The zero-order valence-corrected chi connectivity index (χ0v) is 11.7. The topological polar surface area (TPSA) is 130 Å². The van der Waals surface area contributed by atoms with Crippen molar-refractivity contribution in [2.75, 3.05) is 6.61 Å². The van der Waals surface area contributed by atoms with Crippen LogP contribution in [0.2, 0.25) is 0 Å². The number of nitro groups is 1. The fourth-order valence-corrected chi connectivity index (χ4v) is 1.85. The van der Waals surface area contributed by atoms with Gasteiger partial charge >= 0.3 is 5.97 Å². The van der Waals surface area contributed by atoms with E-state index in [-0.39, 0.29) is 17.7 Å². The second kappa shape index (κ2) is 6.96. The Balaban J connectivity index is 2.99. The molecule has 0 aliphatic carbocycles. The first-order chi connectivity index (χ1) is 9.36. The zero-order valence-electron chi connectivity index (χ0n) is 10.1. The van der Waals surface area contributed by atoms with E-state index >= 15 is 0 Å². The molecule has 20 heavy (non-hydrogen) atoms. The highest BCUT2D eigenvalue weighted by Gasteiger charge is 2.22. The van der Waals surface area contributed by atoms with Gasteiger partial charge in [0.1, 0.15) is 6.04 Å². The van der Waals surface area contributed by atoms with Crippen LogP contribution in [0.4, 0.5) is 5.69 Å². The Morgan fingerprint density at radius 2 is 2.10 bits per heavy atom. The molecule has 0 bridgehead atoms. The second-order valence-corrected chi connectivity index (χ2v) is 4.65. The van der Waals surface area contributed by atoms with Crippen LogP contribution in [0.25, 0.3) is 0 Å². The molecule has 0 aliphatic heterocycles. The van der Waals surface area contributed by atoms with Crippen LogP contribution in [0.5, 0.6) is 0 Å². The Kier molecular flexibility index (Phi) is 5.59. The van der Waals surface area contributed by atoms with Gasteiger partial charge in [0, 0.05) is 29.6 Å². The van der Waals surface area contributed by atoms with Crippen molar-refractivity contribution in [3.63, 3.8) is 0 Å². The normalized spacial score (nSPS) is 11.7. The third-order valence-corrected chi connectivity index (χ3v) is 3.12. The first-order valence-electron chi connectivity index (χ1n) is 5.45. The van der Waals surface area contributed by atoms with E-state index in [4.69, 9.17) is 10.2 Å². The van der Waals surface area contributed by atoms with E-state index in [0.29, 0.717) is 4.47 Å². The number of nitrogens with zero attached hydrogens (tertiary/aromatic N) is 1. The molecule has 1 atom stereocenters. The number of nitro benzene ring substituents is 1. The lowest BCUT2D eigenvalue weighted by molar-refractivity contribution is -0.384.